The van der Waals surface area contributed by atoms with Crippen LogP contribution in [0.3, 0.4) is 0 Å². The molecule has 2 rings (SSSR count). The first-order chi connectivity index (χ1) is 8.31. The molecule has 0 aliphatic rings. The van der Waals surface area contributed by atoms with E-state index in [9.17, 15) is 0 Å². The van der Waals surface area contributed by atoms with Gasteiger partial charge in [-0.25, -0.2) is 0 Å². The highest BCUT2D eigenvalue weighted by molar-refractivity contribution is 5.62. The highest BCUT2D eigenvalue weighted by atomic mass is 14.8. The molecule has 0 spiro atoms. The fourth-order valence-electron chi connectivity index (χ4n) is 1.83. The van der Waals surface area contributed by atoms with E-state index in [0.717, 1.165) is 24.3 Å². The van der Waals surface area contributed by atoms with Crippen LogP contribution in [0.25, 0.3) is 11.3 Å². The van der Waals surface area contributed by atoms with E-state index in [0.29, 0.717) is 0 Å². The third-order valence-electron chi connectivity index (χ3n) is 2.71. The maximum atomic E-state index is 4.32. The largest absolute Gasteiger partial charge is 0.313 e. The first-order valence-corrected chi connectivity index (χ1v) is 5.88. The van der Waals surface area contributed by atoms with Crippen molar-refractivity contribution in [1.29, 1.82) is 0 Å². The lowest BCUT2D eigenvalue weighted by Crippen LogP contribution is -2.11. The Balaban J connectivity index is 2.26. The Hall–Kier alpha value is -1.74. The molecule has 0 fully saturated rings. The lowest BCUT2D eigenvalue weighted by Gasteiger charge is -2.08. The standard InChI is InChI=1S/C14H17N3/c1-3-15-9-12-4-5-13(11(2)8-12)14-10-16-6-7-17-14/h4-8,10,15H,3,9H2,1-2H3. The minimum Gasteiger partial charge on any atom is -0.313 e. The van der Waals surface area contributed by atoms with Gasteiger partial charge in [-0.05, 0) is 24.6 Å². The van der Waals surface area contributed by atoms with Crippen LogP contribution in [0.5, 0.6) is 0 Å². The van der Waals surface area contributed by atoms with E-state index in [4.69, 9.17) is 0 Å². The van der Waals surface area contributed by atoms with Crippen LogP contribution in [0.15, 0.2) is 36.8 Å². The van der Waals surface area contributed by atoms with E-state index in [1.165, 1.54) is 11.1 Å². The third kappa shape index (κ3) is 2.88. The molecule has 3 nitrogen and oxygen atoms in total. The Morgan fingerprint density at radius 2 is 2.12 bits per heavy atom. The Morgan fingerprint density at radius 1 is 1.24 bits per heavy atom. The molecule has 0 radical (unpaired) electrons. The first-order valence-electron chi connectivity index (χ1n) is 5.88. The second-order valence-corrected chi connectivity index (χ2v) is 4.02. The van der Waals surface area contributed by atoms with Gasteiger partial charge in [-0.1, -0.05) is 25.1 Å². The van der Waals surface area contributed by atoms with Crippen molar-refractivity contribution in [3.05, 3.63) is 47.9 Å². The van der Waals surface area contributed by atoms with E-state index in [1.54, 1.807) is 18.6 Å². The maximum absolute atomic E-state index is 4.32. The summed E-state index contributed by atoms with van der Waals surface area (Å²) in [6.07, 6.45) is 5.21. The molecule has 0 saturated heterocycles. The van der Waals surface area contributed by atoms with Crippen molar-refractivity contribution < 1.29 is 0 Å². The zero-order valence-electron chi connectivity index (χ0n) is 10.3. The van der Waals surface area contributed by atoms with Crippen molar-refractivity contribution in [3.63, 3.8) is 0 Å². The number of rotatable bonds is 4. The van der Waals surface area contributed by atoms with Gasteiger partial charge in [-0.3, -0.25) is 9.97 Å². The zero-order valence-corrected chi connectivity index (χ0v) is 10.3. The molecule has 0 bridgehead atoms. The molecule has 0 aliphatic carbocycles. The van der Waals surface area contributed by atoms with Gasteiger partial charge in [0.25, 0.3) is 0 Å². The molecule has 0 saturated carbocycles. The number of nitrogens with one attached hydrogen (secondary N) is 1. The number of aryl methyl sites for hydroxylation is 1. The summed E-state index contributed by atoms with van der Waals surface area (Å²) in [7, 11) is 0. The molecule has 1 heterocycles. The second kappa shape index (κ2) is 5.55. The summed E-state index contributed by atoms with van der Waals surface area (Å²) in [4.78, 5) is 8.42. The van der Waals surface area contributed by atoms with Gasteiger partial charge in [0.05, 0.1) is 11.9 Å². The molecule has 0 atom stereocenters. The molecule has 17 heavy (non-hydrogen) atoms. The van der Waals surface area contributed by atoms with Gasteiger partial charge in [0.2, 0.25) is 0 Å². The summed E-state index contributed by atoms with van der Waals surface area (Å²) in [5.74, 6) is 0. The molecule has 1 N–H and O–H groups in total. The molecule has 1 aromatic carbocycles. The lowest BCUT2D eigenvalue weighted by atomic mass is 10.0. The summed E-state index contributed by atoms with van der Waals surface area (Å²) in [6.45, 7) is 6.13. The van der Waals surface area contributed by atoms with Crippen LogP contribution >= 0.6 is 0 Å². The van der Waals surface area contributed by atoms with Crippen molar-refractivity contribution in [1.82, 2.24) is 15.3 Å². The van der Waals surface area contributed by atoms with E-state index < -0.39 is 0 Å². The van der Waals surface area contributed by atoms with Crippen LogP contribution in [0.1, 0.15) is 18.1 Å². The second-order valence-electron chi connectivity index (χ2n) is 4.02. The summed E-state index contributed by atoms with van der Waals surface area (Å²) in [5, 5.41) is 3.32. The first kappa shape index (κ1) is 11.7. The van der Waals surface area contributed by atoms with Crippen LogP contribution in [0.4, 0.5) is 0 Å². The average molecular weight is 227 g/mol. The maximum Gasteiger partial charge on any atom is 0.0887 e. The Morgan fingerprint density at radius 3 is 2.76 bits per heavy atom. The van der Waals surface area contributed by atoms with Crippen molar-refractivity contribution in [2.24, 2.45) is 0 Å². The normalized spacial score (nSPS) is 10.5. The predicted octanol–water partition coefficient (Wildman–Crippen LogP) is 2.56. The number of benzene rings is 1. The van der Waals surface area contributed by atoms with Crippen LogP contribution in [0, 0.1) is 6.92 Å². The fourth-order valence-corrected chi connectivity index (χ4v) is 1.83. The van der Waals surface area contributed by atoms with Crippen LogP contribution in [-0.2, 0) is 6.54 Å². The minimum atomic E-state index is 0.915. The van der Waals surface area contributed by atoms with Gasteiger partial charge < -0.3 is 5.32 Å². The van der Waals surface area contributed by atoms with Crippen molar-refractivity contribution in [2.45, 2.75) is 20.4 Å². The van der Waals surface area contributed by atoms with Gasteiger partial charge in [0.1, 0.15) is 0 Å². The molecule has 0 amide bonds. The quantitative estimate of drug-likeness (QED) is 0.872. The van der Waals surface area contributed by atoms with Gasteiger partial charge in [-0.2, -0.15) is 0 Å². The lowest BCUT2D eigenvalue weighted by molar-refractivity contribution is 0.726. The third-order valence-corrected chi connectivity index (χ3v) is 2.71. The van der Waals surface area contributed by atoms with Gasteiger partial charge in [-0.15, -0.1) is 0 Å². The SMILES string of the molecule is CCNCc1ccc(-c2cnccn2)c(C)c1. The Bertz CT molecular complexity index is 480. The van der Waals surface area contributed by atoms with Crippen molar-refractivity contribution >= 4 is 0 Å². The number of hydrogen-bond donors (Lipinski definition) is 1. The van der Waals surface area contributed by atoms with Crippen molar-refractivity contribution in [3.8, 4) is 11.3 Å². The van der Waals surface area contributed by atoms with Gasteiger partial charge in [0, 0.05) is 24.5 Å². The average Bonchev–Trinajstić information content (AvgIpc) is 2.37. The van der Waals surface area contributed by atoms with Crippen LogP contribution < -0.4 is 5.32 Å². The van der Waals surface area contributed by atoms with E-state index >= 15 is 0 Å². The minimum absolute atomic E-state index is 0.915. The van der Waals surface area contributed by atoms with E-state index in [1.807, 2.05) is 0 Å². The summed E-state index contributed by atoms with van der Waals surface area (Å²) < 4.78 is 0. The highest BCUT2D eigenvalue weighted by Gasteiger charge is 2.03. The van der Waals surface area contributed by atoms with E-state index in [2.05, 4.69) is 47.3 Å². The molecular formula is C14H17N3. The fraction of sp³-hybridized carbons (Fsp3) is 0.286. The summed E-state index contributed by atoms with van der Waals surface area (Å²) >= 11 is 0. The number of hydrogen-bond acceptors (Lipinski definition) is 3. The van der Waals surface area contributed by atoms with Gasteiger partial charge in [0.15, 0.2) is 0 Å². The molecular weight excluding hydrogens is 210 g/mol. The number of nitrogens with zero attached hydrogens (tertiary/aromatic N) is 2. The summed E-state index contributed by atoms with van der Waals surface area (Å²) in [6, 6.07) is 6.46. The molecule has 0 aliphatic heterocycles. The van der Waals surface area contributed by atoms with Gasteiger partial charge >= 0.3 is 0 Å². The monoisotopic (exact) mass is 227 g/mol. The van der Waals surface area contributed by atoms with Crippen molar-refractivity contribution in [2.75, 3.05) is 6.54 Å². The highest BCUT2D eigenvalue weighted by Crippen LogP contribution is 2.21. The van der Waals surface area contributed by atoms with Crippen LogP contribution in [-0.4, -0.2) is 16.5 Å². The van der Waals surface area contributed by atoms with Crippen LogP contribution in [0.2, 0.25) is 0 Å². The molecule has 1 aromatic heterocycles. The summed E-state index contributed by atoms with van der Waals surface area (Å²) in [5.41, 5.74) is 4.62. The Kier molecular flexibility index (Phi) is 3.83. The predicted molar refractivity (Wildman–Crippen MR) is 69.6 cm³/mol. The Labute approximate surface area is 102 Å². The van der Waals surface area contributed by atoms with E-state index in [-0.39, 0.29) is 0 Å². The smallest absolute Gasteiger partial charge is 0.0887 e. The zero-order chi connectivity index (χ0) is 12.1. The molecule has 3 heteroatoms. The number of aromatic nitrogens is 2. The molecule has 88 valence electrons. The molecule has 0 unspecified atom stereocenters. The molecule has 2 aromatic rings. The topological polar surface area (TPSA) is 37.8 Å².